The molecule has 0 rings (SSSR count). The van der Waals surface area contributed by atoms with Crippen LogP contribution in [-0.2, 0) is 19.1 Å². The molecule has 0 radical (unpaired) electrons. The number of esters is 2. The zero-order valence-corrected chi connectivity index (χ0v) is 30.7. The topological polar surface area (TPSA) is 72.8 Å². The van der Waals surface area contributed by atoms with Crippen LogP contribution < -0.4 is 0 Å². The summed E-state index contributed by atoms with van der Waals surface area (Å²) in [5.41, 5.74) is 0. The van der Waals surface area contributed by atoms with E-state index in [2.05, 4.69) is 98.9 Å². The SMILES string of the molecule is CCCCC/C=C\C/C=C\C/C=C\C/C=C\CCCC(=O)OC[C@H](CO)OC(=O)CCCCCC/C=C\C/C=C\C/C=C\CCCCC. The Morgan fingerprint density at radius 1 is 0.479 bits per heavy atom. The summed E-state index contributed by atoms with van der Waals surface area (Å²) >= 11 is 0. The van der Waals surface area contributed by atoms with E-state index in [0.29, 0.717) is 19.3 Å². The summed E-state index contributed by atoms with van der Waals surface area (Å²) in [5, 5.41) is 9.54. The summed E-state index contributed by atoms with van der Waals surface area (Å²) in [4.78, 5) is 24.2. The highest BCUT2D eigenvalue weighted by atomic mass is 16.6. The molecular weight excluding hydrogens is 596 g/mol. The number of aliphatic hydroxyl groups is 1. The lowest BCUT2D eigenvalue weighted by atomic mass is 10.1. The van der Waals surface area contributed by atoms with Crippen LogP contribution in [0.4, 0.5) is 0 Å². The van der Waals surface area contributed by atoms with Crippen molar-refractivity contribution in [3.05, 3.63) is 85.1 Å². The van der Waals surface area contributed by atoms with E-state index < -0.39 is 6.10 Å². The van der Waals surface area contributed by atoms with Crippen LogP contribution in [0.15, 0.2) is 85.1 Å². The Balaban J connectivity index is 3.74. The number of hydrogen-bond donors (Lipinski definition) is 1. The smallest absolute Gasteiger partial charge is 0.306 e. The minimum Gasteiger partial charge on any atom is -0.462 e. The molecule has 0 aliphatic carbocycles. The summed E-state index contributed by atoms with van der Waals surface area (Å²) < 4.78 is 10.5. The minimum atomic E-state index is -0.809. The van der Waals surface area contributed by atoms with E-state index in [4.69, 9.17) is 9.47 Å². The third-order valence-electron chi connectivity index (χ3n) is 7.66. The van der Waals surface area contributed by atoms with Gasteiger partial charge in [-0.3, -0.25) is 9.59 Å². The first-order valence-corrected chi connectivity index (χ1v) is 19.1. The number of aliphatic hydroxyl groups excluding tert-OH is 1. The van der Waals surface area contributed by atoms with E-state index in [0.717, 1.165) is 70.6 Å². The predicted octanol–water partition coefficient (Wildman–Crippen LogP) is 11.9. The molecule has 0 heterocycles. The van der Waals surface area contributed by atoms with Crippen LogP contribution >= 0.6 is 0 Å². The molecule has 5 nitrogen and oxygen atoms in total. The molecule has 0 aromatic heterocycles. The Labute approximate surface area is 295 Å². The van der Waals surface area contributed by atoms with Crippen molar-refractivity contribution in [3.63, 3.8) is 0 Å². The molecule has 1 atom stereocenters. The third-order valence-corrected chi connectivity index (χ3v) is 7.66. The Hall–Kier alpha value is -2.92. The summed E-state index contributed by atoms with van der Waals surface area (Å²) in [6, 6.07) is 0. The second-order valence-electron chi connectivity index (χ2n) is 12.3. The summed E-state index contributed by atoms with van der Waals surface area (Å²) in [6.07, 6.45) is 52.1. The largest absolute Gasteiger partial charge is 0.462 e. The molecule has 0 fully saturated rings. The number of unbranched alkanes of at least 4 members (excludes halogenated alkanes) is 11. The standard InChI is InChI=1S/C43H70O5/c1-3-5-7-9-11-13-15-17-19-21-23-25-27-29-31-33-35-37-42(45)47-40-41(39-44)48-43(46)38-36-34-32-30-28-26-24-22-20-18-16-14-12-10-8-6-4-2/h11-14,17-20,23-26,29,31,41,44H,3-10,15-16,21-22,27-28,30,32-40H2,1-2H3/b13-11-,14-12-,19-17-,20-18-,25-23-,26-24-,31-29-/t41-/m0/s1. The maximum absolute atomic E-state index is 12.1. The highest BCUT2D eigenvalue weighted by Crippen LogP contribution is 2.09. The van der Waals surface area contributed by atoms with Gasteiger partial charge in [-0.2, -0.15) is 0 Å². The normalized spacial score (nSPS) is 13.1. The molecule has 0 saturated carbocycles. The molecule has 0 bridgehead atoms. The van der Waals surface area contributed by atoms with Gasteiger partial charge in [0.1, 0.15) is 6.61 Å². The van der Waals surface area contributed by atoms with Gasteiger partial charge in [0.25, 0.3) is 0 Å². The predicted molar refractivity (Wildman–Crippen MR) is 205 cm³/mol. The first-order chi connectivity index (χ1) is 23.6. The van der Waals surface area contributed by atoms with Gasteiger partial charge < -0.3 is 14.6 Å². The first kappa shape index (κ1) is 45.1. The Morgan fingerprint density at radius 3 is 1.29 bits per heavy atom. The van der Waals surface area contributed by atoms with Crippen molar-refractivity contribution in [2.45, 2.75) is 161 Å². The molecule has 0 aromatic rings. The van der Waals surface area contributed by atoms with E-state index in [1.807, 2.05) is 0 Å². The molecular formula is C43H70O5. The van der Waals surface area contributed by atoms with Crippen LogP contribution in [0.2, 0.25) is 0 Å². The number of allylic oxidation sites excluding steroid dienone is 14. The van der Waals surface area contributed by atoms with Crippen LogP contribution in [-0.4, -0.2) is 36.4 Å². The second kappa shape index (κ2) is 38.5. The molecule has 272 valence electrons. The molecule has 1 N–H and O–H groups in total. The summed E-state index contributed by atoms with van der Waals surface area (Å²) in [7, 11) is 0. The second-order valence-corrected chi connectivity index (χ2v) is 12.3. The average Bonchev–Trinajstić information content (AvgIpc) is 3.09. The maximum Gasteiger partial charge on any atom is 0.306 e. The first-order valence-electron chi connectivity index (χ1n) is 19.1. The molecule has 0 aliphatic rings. The lowest BCUT2D eigenvalue weighted by Crippen LogP contribution is -2.28. The molecule has 0 amide bonds. The van der Waals surface area contributed by atoms with Gasteiger partial charge in [-0.1, -0.05) is 137 Å². The van der Waals surface area contributed by atoms with Crippen molar-refractivity contribution < 1.29 is 24.2 Å². The highest BCUT2D eigenvalue weighted by molar-refractivity contribution is 5.70. The van der Waals surface area contributed by atoms with E-state index in [-0.39, 0.29) is 25.2 Å². The van der Waals surface area contributed by atoms with Gasteiger partial charge in [-0.05, 0) is 89.9 Å². The molecule has 5 heteroatoms. The fourth-order valence-corrected chi connectivity index (χ4v) is 4.73. The van der Waals surface area contributed by atoms with Gasteiger partial charge in [-0.15, -0.1) is 0 Å². The van der Waals surface area contributed by atoms with Gasteiger partial charge in [0, 0.05) is 12.8 Å². The monoisotopic (exact) mass is 667 g/mol. The molecule has 0 aliphatic heterocycles. The van der Waals surface area contributed by atoms with Crippen molar-refractivity contribution in [1.82, 2.24) is 0 Å². The lowest BCUT2D eigenvalue weighted by Gasteiger charge is -2.15. The molecule has 0 unspecified atom stereocenters. The van der Waals surface area contributed by atoms with Crippen molar-refractivity contribution in [2.75, 3.05) is 13.2 Å². The summed E-state index contributed by atoms with van der Waals surface area (Å²) in [6.45, 7) is 3.99. The molecule has 0 aromatic carbocycles. The van der Waals surface area contributed by atoms with Gasteiger partial charge in [0.2, 0.25) is 0 Å². The van der Waals surface area contributed by atoms with Gasteiger partial charge in [-0.25, -0.2) is 0 Å². The molecule has 0 saturated heterocycles. The molecule has 0 spiro atoms. The van der Waals surface area contributed by atoms with E-state index in [1.54, 1.807) is 0 Å². The minimum absolute atomic E-state index is 0.108. The lowest BCUT2D eigenvalue weighted by molar-refractivity contribution is -0.161. The Morgan fingerprint density at radius 2 is 0.854 bits per heavy atom. The number of carbonyl (C=O) groups is 2. The number of hydrogen-bond acceptors (Lipinski definition) is 5. The zero-order chi connectivity index (χ0) is 35.0. The fourth-order valence-electron chi connectivity index (χ4n) is 4.73. The van der Waals surface area contributed by atoms with Crippen molar-refractivity contribution in [3.8, 4) is 0 Å². The van der Waals surface area contributed by atoms with Crippen LogP contribution in [0, 0.1) is 0 Å². The van der Waals surface area contributed by atoms with E-state index in [1.165, 1.54) is 51.4 Å². The van der Waals surface area contributed by atoms with Gasteiger partial charge in [0.05, 0.1) is 6.61 Å². The Bertz CT molecular complexity index is 937. The zero-order valence-electron chi connectivity index (χ0n) is 30.7. The number of ether oxygens (including phenoxy) is 2. The average molecular weight is 667 g/mol. The Kier molecular flexibility index (Phi) is 36.2. The summed E-state index contributed by atoms with van der Waals surface area (Å²) in [5.74, 6) is -0.691. The number of rotatable bonds is 33. The van der Waals surface area contributed by atoms with E-state index >= 15 is 0 Å². The van der Waals surface area contributed by atoms with E-state index in [9.17, 15) is 14.7 Å². The van der Waals surface area contributed by atoms with Crippen molar-refractivity contribution in [1.29, 1.82) is 0 Å². The fraction of sp³-hybridized carbons (Fsp3) is 0.628. The van der Waals surface area contributed by atoms with Crippen LogP contribution in [0.5, 0.6) is 0 Å². The third kappa shape index (κ3) is 35.9. The van der Waals surface area contributed by atoms with Crippen LogP contribution in [0.1, 0.15) is 155 Å². The number of carbonyl (C=O) groups excluding carboxylic acids is 2. The maximum atomic E-state index is 12.1. The van der Waals surface area contributed by atoms with Crippen molar-refractivity contribution in [2.24, 2.45) is 0 Å². The van der Waals surface area contributed by atoms with Crippen molar-refractivity contribution >= 4 is 11.9 Å². The van der Waals surface area contributed by atoms with Crippen LogP contribution in [0.25, 0.3) is 0 Å². The highest BCUT2D eigenvalue weighted by Gasteiger charge is 2.15. The van der Waals surface area contributed by atoms with Gasteiger partial charge >= 0.3 is 11.9 Å². The van der Waals surface area contributed by atoms with Crippen LogP contribution in [0.3, 0.4) is 0 Å². The quantitative estimate of drug-likeness (QED) is 0.0429. The molecule has 48 heavy (non-hydrogen) atoms. The van der Waals surface area contributed by atoms with Gasteiger partial charge in [0.15, 0.2) is 6.10 Å².